The Morgan fingerprint density at radius 2 is 2.03 bits per heavy atom. The van der Waals surface area contributed by atoms with E-state index in [9.17, 15) is 18.0 Å². The maximum Gasteiger partial charge on any atom is 0.250 e. The molecule has 10 heteroatoms. The van der Waals surface area contributed by atoms with Gasteiger partial charge < -0.3 is 15.8 Å². The van der Waals surface area contributed by atoms with Gasteiger partial charge in [0, 0.05) is 23.6 Å². The van der Waals surface area contributed by atoms with Gasteiger partial charge in [-0.3, -0.25) is 9.59 Å². The van der Waals surface area contributed by atoms with Crippen molar-refractivity contribution in [3.05, 3.63) is 51.5 Å². The average Bonchev–Trinajstić information content (AvgIpc) is 3.53. The van der Waals surface area contributed by atoms with Gasteiger partial charge in [-0.1, -0.05) is 34.1 Å². The molecule has 0 aromatic heterocycles. The van der Waals surface area contributed by atoms with Crippen LogP contribution in [0.5, 0.6) is 0 Å². The highest BCUT2D eigenvalue weighted by Crippen LogP contribution is 2.35. The zero-order valence-electron chi connectivity index (χ0n) is 16.1. The molecule has 4 rings (SSSR count). The molecule has 0 spiro atoms. The van der Waals surface area contributed by atoms with Crippen molar-refractivity contribution in [2.24, 2.45) is 5.73 Å². The molecule has 30 heavy (non-hydrogen) atoms. The Morgan fingerprint density at radius 1 is 1.27 bits per heavy atom. The van der Waals surface area contributed by atoms with E-state index in [1.165, 1.54) is 10.4 Å². The molecule has 1 aromatic rings. The number of ether oxygens (including phenoxy) is 1. The van der Waals surface area contributed by atoms with Crippen LogP contribution in [0, 0.1) is 0 Å². The lowest BCUT2D eigenvalue weighted by Crippen LogP contribution is -2.52. The smallest absolute Gasteiger partial charge is 0.250 e. The molecule has 3 N–H and O–H groups in total. The van der Waals surface area contributed by atoms with Crippen molar-refractivity contribution < 1.29 is 22.7 Å². The van der Waals surface area contributed by atoms with Gasteiger partial charge in [-0.05, 0) is 42.5 Å². The minimum Gasteiger partial charge on any atom is -0.366 e. The number of allylic oxidation sites excluding steroid dienone is 1. The van der Waals surface area contributed by atoms with E-state index in [2.05, 4.69) is 21.2 Å². The Morgan fingerprint density at radius 3 is 2.73 bits per heavy atom. The first-order valence-corrected chi connectivity index (χ1v) is 11.9. The van der Waals surface area contributed by atoms with Gasteiger partial charge in [0.05, 0.1) is 12.2 Å². The number of nitrogens with one attached hydrogen (secondary N) is 1. The second kappa shape index (κ2) is 8.26. The number of morpholine rings is 1. The second-order valence-corrected chi connectivity index (χ2v) is 10.3. The SMILES string of the molecule is NC(=O)C1=C(S(=O)(=O)N2CCOC(C(=O)NC3CC3)C2)c2cc(Br)ccc2CC=C1. The van der Waals surface area contributed by atoms with Crippen molar-refractivity contribution in [3.63, 3.8) is 0 Å². The second-order valence-electron chi connectivity index (χ2n) is 7.52. The Labute approximate surface area is 183 Å². The van der Waals surface area contributed by atoms with Gasteiger partial charge in [0.25, 0.3) is 5.91 Å². The standard InChI is InChI=1S/C20H22BrN3O5S/c21-13-5-4-12-2-1-3-15(19(22)25)18(16(12)10-13)30(27,28)24-8-9-29-17(11-24)20(26)23-14-6-7-14/h1,3-5,10,14,17H,2,6-9,11H2,(H2,22,25)(H,23,26). The maximum absolute atomic E-state index is 13.7. The van der Waals surface area contributed by atoms with E-state index in [0.717, 1.165) is 18.4 Å². The molecule has 0 radical (unpaired) electrons. The number of nitrogens with two attached hydrogens (primary N) is 1. The number of amides is 2. The number of primary amides is 1. The first kappa shape index (κ1) is 21.2. The Hall–Kier alpha value is -2.01. The molecule has 1 saturated carbocycles. The number of sulfonamides is 1. The summed E-state index contributed by atoms with van der Waals surface area (Å²) in [5, 5.41) is 2.85. The molecular formula is C20H22BrN3O5S. The highest BCUT2D eigenvalue weighted by Gasteiger charge is 2.39. The Bertz CT molecular complexity index is 1060. The topological polar surface area (TPSA) is 119 Å². The molecule has 1 atom stereocenters. The van der Waals surface area contributed by atoms with Gasteiger partial charge in [-0.25, -0.2) is 8.42 Å². The van der Waals surface area contributed by atoms with Crippen LogP contribution >= 0.6 is 15.9 Å². The van der Waals surface area contributed by atoms with Gasteiger partial charge in [-0.2, -0.15) is 4.31 Å². The minimum absolute atomic E-state index is 0.0719. The third-order valence-electron chi connectivity index (χ3n) is 5.29. The third-order valence-corrected chi connectivity index (χ3v) is 7.75. The van der Waals surface area contributed by atoms with Gasteiger partial charge in [-0.15, -0.1) is 0 Å². The number of fused-ring (bicyclic) bond motifs is 1. The van der Waals surface area contributed by atoms with Gasteiger partial charge in [0.1, 0.15) is 11.0 Å². The molecular weight excluding hydrogens is 474 g/mol. The summed E-state index contributed by atoms with van der Waals surface area (Å²) < 4.78 is 34.8. The quantitative estimate of drug-likeness (QED) is 0.632. The van der Waals surface area contributed by atoms with Gasteiger partial charge >= 0.3 is 0 Å². The summed E-state index contributed by atoms with van der Waals surface area (Å²) in [7, 11) is -4.13. The molecule has 2 aliphatic carbocycles. The van der Waals surface area contributed by atoms with E-state index in [1.807, 2.05) is 12.1 Å². The van der Waals surface area contributed by atoms with E-state index in [0.29, 0.717) is 16.5 Å². The highest BCUT2D eigenvalue weighted by molar-refractivity contribution is 9.10. The van der Waals surface area contributed by atoms with Gasteiger partial charge in [0.15, 0.2) is 0 Å². The largest absolute Gasteiger partial charge is 0.366 e. The van der Waals surface area contributed by atoms with Gasteiger partial charge in [0.2, 0.25) is 15.9 Å². The van der Waals surface area contributed by atoms with Crippen LogP contribution in [-0.2, 0) is 30.8 Å². The molecule has 1 aliphatic heterocycles. The highest BCUT2D eigenvalue weighted by atomic mass is 79.9. The third kappa shape index (κ3) is 4.22. The number of carbonyl (C=O) groups is 2. The maximum atomic E-state index is 13.7. The molecule has 3 aliphatic rings. The first-order chi connectivity index (χ1) is 14.3. The van der Waals surface area contributed by atoms with Crippen molar-refractivity contribution in [3.8, 4) is 0 Å². The molecule has 2 fully saturated rings. The first-order valence-electron chi connectivity index (χ1n) is 9.69. The number of halogens is 1. The summed E-state index contributed by atoms with van der Waals surface area (Å²) in [5.41, 5.74) is 6.67. The summed E-state index contributed by atoms with van der Waals surface area (Å²) >= 11 is 3.38. The van der Waals surface area contributed by atoms with Crippen LogP contribution in [0.25, 0.3) is 4.91 Å². The molecule has 1 unspecified atom stereocenters. The predicted octanol–water partition coefficient (Wildman–Crippen LogP) is 1.07. The summed E-state index contributed by atoms with van der Waals surface area (Å²) in [6.07, 6.45) is 4.60. The summed E-state index contributed by atoms with van der Waals surface area (Å²) in [4.78, 5) is 24.4. The van der Waals surface area contributed by atoms with Crippen molar-refractivity contribution in [2.45, 2.75) is 31.4 Å². The Kier molecular flexibility index (Phi) is 5.84. The number of hydrogen-bond donors (Lipinski definition) is 2. The van der Waals surface area contributed by atoms with Crippen LogP contribution in [0.1, 0.15) is 24.0 Å². The van der Waals surface area contributed by atoms with Crippen LogP contribution in [0.3, 0.4) is 0 Å². The summed E-state index contributed by atoms with van der Waals surface area (Å²) in [5.74, 6) is -1.14. The number of nitrogens with zero attached hydrogens (tertiary/aromatic N) is 1. The fraction of sp³-hybridized carbons (Fsp3) is 0.400. The zero-order chi connectivity index (χ0) is 21.5. The van der Waals surface area contributed by atoms with Crippen molar-refractivity contribution in [2.75, 3.05) is 19.7 Å². The molecule has 8 nitrogen and oxygen atoms in total. The monoisotopic (exact) mass is 495 g/mol. The minimum atomic E-state index is -4.13. The number of rotatable bonds is 5. The fourth-order valence-electron chi connectivity index (χ4n) is 3.59. The van der Waals surface area contributed by atoms with E-state index < -0.39 is 22.0 Å². The van der Waals surface area contributed by atoms with Crippen molar-refractivity contribution in [1.82, 2.24) is 9.62 Å². The molecule has 160 valence electrons. The van der Waals surface area contributed by atoms with Crippen LogP contribution in [0.2, 0.25) is 0 Å². The Balaban J connectivity index is 1.74. The fourth-order valence-corrected chi connectivity index (χ4v) is 5.77. The van der Waals surface area contributed by atoms with E-state index in [1.54, 1.807) is 12.1 Å². The number of benzene rings is 1. The molecule has 2 amide bonds. The molecule has 1 aromatic carbocycles. The van der Waals surface area contributed by atoms with Crippen molar-refractivity contribution in [1.29, 1.82) is 0 Å². The molecule has 1 saturated heterocycles. The average molecular weight is 496 g/mol. The van der Waals surface area contributed by atoms with E-state index >= 15 is 0 Å². The lowest BCUT2D eigenvalue weighted by atomic mass is 10.0. The number of carbonyl (C=O) groups excluding carboxylic acids is 2. The van der Waals surface area contributed by atoms with Crippen LogP contribution < -0.4 is 11.1 Å². The van der Waals surface area contributed by atoms with Crippen LogP contribution in [0.15, 0.2) is 40.4 Å². The summed E-state index contributed by atoms with van der Waals surface area (Å²) in [6, 6.07) is 5.46. The normalized spacial score (nSPS) is 22.4. The lowest BCUT2D eigenvalue weighted by Gasteiger charge is -2.32. The van der Waals surface area contributed by atoms with Crippen LogP contribution in [-0.4, -0.2) is 56.4 Å². The molecule has 1 heterocycles. The zero-order valence-corrected chi connectivity index (χ0v) is 18.5. The van der Waals surface area contributed by atoms with E-state index in [-0.39, 0.29) is 42.1 Å². The number of hydrogen-bond acceptors (Lipinski definition) is 5. The molecule has 0 bridgehead atoms. The van der Waals surface area contributed by atoms with Crippen molar-refractivity contribution >= 4 is 42.7 Å². The van der Waals surface area contributed by atoms with E-state index in [4.69, 9.17) is 10.5 Å². The lowest BCUT2D eigenvalue weighted by molar-refractivity contribution is -0.136. The predicted molar refractivity (Wildman–Crippen MR) is 114 cm³/mol. The van der Waals surface area contributed by atoms with Crippen LogP contribution in [0.4, 0.5) is 0 Å². The summed E-state index contributed by atoms with van der Waals surface area (Å²) in [6.45, 7) is 0.0456.